The summed E-state index contributed by atoms with van der Waals surface area (Å²) in [7, 11) is 2.16. The highest BCUT2D eigenvalue weighted by Crippen LogP contribution is 2.13. The first-order valence-corrected chi connectivity index (χ1v) is 8.18. The third-order valence-corrected chi connectivity index (χ3v) is 3.95. The molecule has 2 aromatic carbocycles. The summed E-state index contributed by atoms with van der Waals surface area (Å²) >= 11 is 3.47. The van der Waals surface area contributed by atoms with Crippen molar-refractivity contribution in [1.82, 2.24) is 10.2 Å². The second-order valence-corrected chi connectivity index (χ2v) is 6.31. The summed E-state index contributed by atoms with van der Waals surface area (Å²) in [6, 6.07) is 17.4. The van der Waals surface area contributed by atoms with Gasteiger partial charge in [0.15, 0.2) is 0 Å². The lowest BCUT2D eigenvalue weighted by Crippen LogP contribution is -2.17. The molecule has 0 bridgehead atoms. The minimum absolute atomic E-state index is 0.950. The fourth-order valence-electron chi connectivity index (χ4n) is 2.30. The number of hydrogen-bond acceptors (Lipinski definition) is 2. The maximum atomic E-state index is 3.47. The Bertz CT molecular complexity index is 534. The molecule has 2 aromatic rings. The zero-order valence-corrected chi connectivity index (χ0v) is 14.4. The number of nitrogens with zero attached hydrogens (tertiary/aromatic N) is 1. The maximum Gasteiger partial charge on any atom is 0.0234 e. The Morgan fingerprint density at radius 2 is 1.33 bits per heavy atom. The molecule has 0 aliphatic heterocycles. The van der Waals surface area contributed by atoms with Crippen LogP contribution in [0, 0.1) is 0 Å². The monoisotopic (exact) mass is 346 g/mol. The van der Waals surface area contributed by atoms with E-state index in [4.69, 9.17) is 0 Å². The van der Waals surface area contributed by atoms with Crippen molar-refractivity contribution in [3.05, 3.63) is 69.7 Å². The van der Waals surface area contributed by atoms with E-state index in [1.807, 2.05) is 0 Å². The minimum Gasteiger partial charge on any atom is -0.313 e. The Balaban J connectivity index is 1.87. The van der Waals surface area contributed by atoms with Gasteiger partial charge in [-0.1, -0.05) is 59.3 Å². The molecule has 3 heteroatoms. The molecule has 112 valence electrons. The molecule has 0 saturated heterocycles. The standard InChI is InChI=1S/C18H23BrN2/c1-3-20-12-15-4-6-16(7-5-15)13-21(2)14-17-8-10-18(19)11-9-17/h4-11,20H,3,12-14H2,1-2H3. The van der Waals surface area contributed by atoms with Gasteiger partial charge in [-0.3, -0.25) is 4.90 Å². The van der Waals surface area contributed by atoms with Gasteiger partial charge in [0.25, 0.3) is 0 Å². The first-order valence-electron chi connectivity index (χ1n) is 7.39. The maximum absolute atomic E-state index is 3.47. The summed E-state index contributed by atoms with van der Waals surface area (Å²) in [6.45, 7) is 6.03. The SMILES string of the molecule is CCNCc1ccc(CN(C)Cc2ccc(Br)cc2)cc1. The van der Waals surface area contributed by atoms with E-state index in [0.29, 0.717) is 0 Å². The first-order chi connectivity index (χ1) is 10.2. The molecular formula is C18H23BrN2. The van der Waals surface area contributed by atoms with Gasteiger partial charge in [0.05, 0.1) is 0 Å². The summed E-state index contributed by atoms with van der Waals surface area (Å²) in [4.78, 5) is 2.34. The summed E-state index contributed by atoms with van der Waals surface area (Å²) in [5, 5.41) is 3.35. The zero-order chi connectivity index (χ0) is 15.1. The first kappa shape index (κ1) is 16.2. The number of nitrogens with one attached hydrogen (secondary N) is 1. The average molecular weight is 347 g/mol. The van der Waals surface area contributed by atoms with Crippen molar-refractivity contribution >= 4 is 15.9 Å². The summed E-state index contributed by atoms with van der Waals surface area (Å²) in [5.74, 6) is 0. The quantitative estimate of drug-likeness (QED) is 0.808. The normalized spacial score (nSPS) is 11.0. The van der Waals surface area contributed by atoms with Crippen LogP contribution in [0.25, 0.3) is 0 Å². The lowest BCUT2D eigenvalue weighted by Gasteiger charge is -2.17. The van der Waals surface area contributed by atoms with Crippen molar-refractivity contribution in [2.24, 2.45) is 0 Å². The molecule has 0 heterocycles. The summed E-state index contributed by atoms with van der Waals surface area (Å²) < 4.78 is 1.13. The summed E-state index contributed by atoms with van der Waals surface area (Å²) in [5.41, 5.74) is 4.04. The van der Waals surface area contributed by atoms with Crippen molar-refractivity contribution in [3.8, 4) is 0 Å². The second-order valence-electron chi connectivity index (χ2n) is 5.40. The predicted octanol–water partition coefficient (Wildman–Crippen LogP) is 4.19. The van der Waals surface area contributed by atoms with Gasteiger partial charge in [0, 0.05) is 24.1 Å². The molecule has 0 fully saturated rings. The van der Waals surface area contributed by atoms with Crippen LogP contribution in [0.2, 0.25) is 0 Å². The number of rotatable bonds is 7. The van der Waals surface area contributed by atoms with E-state index in [0.717, 1.165) is 30.7 Å². The molecule has 0 saturated carbocycles. The van der Waals surface area contributed by atoms with E-state index in [9.17, 15) is 0 Å². The van der Waals surface area contributed by atoms with Crippen LogP contribution in [-0.4, -0.2) is 18.5 Å². The zero-order valence-electron chi connectivity index (χ0n) is 12.8. The molecule has 0 aliphatic carbocycles. The van der Waals surface area contributed by atoms with Crippen molar-refractivity contribution < 1.29 is 0 Å². The van der Waals surface area contributed by atoms with Gasteiger partial charge in [0.2, 0.25) is 0 Å². The molecular weight excluding hydrogens is 324 g/mol. The van der Waals surface area contributed by atoms with Crippen LogP contribution < -0.4 is 5.32 Å². The molecule has 0 radical (unpaired) electrons. The Morgan fingerprint density at radius 3 is 1.86 bits per heavy atom. The number of halogens is 1. The number of benzene rings is 2. The molecule has 0 aromatic heterocycles. The molecule has 0 spiro atoms. The van der Waals surface area contributed by atoms with E-state index in [1.54, 1.807) is 0 Å². The van der Waals surface area contributed by atoms with Crippen LogP contribution in [0.3, 0.4) is 0 Å². The van der Waals surface area contributed by atoms with Crippen molar-refractivity contribution in [1.29, 1.82) is 0 Å². The van der Waals surface area contributed by atoms with Crippen LogP contribution in [0.5, 0.6) is 0 Å². The Labute approximate surface area is 136 Å². The second kappa shape index (κ2) is 8.32. The Hall–Kier alpha value is -1.16. The van der Waals surface area contributed by atoms with E-state index >= 15 is 0 Å². The van der Waals surface area contributed by atoms with Crippen LogP contribution in [0.4, 0.5) is 0 Å². The fraction of sp³-hybridized carbons (Fsp3) is 0.333. The molecule has 0 unspecified atom stereocenters. The molecule has 1 N–H and O–H groups in total. The van der Waals surface area contributed by atoms with Crippen molar-refractivity contribution in [2.75, 3.05) is 13.6 Å². The molecule has 0 atom stereocenters. The fourth-order valence-corrected chi connectivity index (χ4v) is 2.57. The Kier molecular flexibility index (Phi) is 6.43. The molecule has 2 rings (SSSR count). The van der Waals surface area contributed by atoms with Crippen molar-refractivity contribution in [2.45, 2.75) is 26.6 Å². The van der Waals surface area contributed by atoms with E-state index < -0.39 is 0 Å². The lowest BCUT2D eigenvalue weighted by molar-refractivity contribution is 0.319. The van der Waals surface area contributed by atoms with E-state index in [2.05, 4.69) is 88.6 Å². The van der Waals surface area contributed by atoms with Gasteiger partial charge in [-0.05, 0) is 42.4 Å². The molecule has 0 amide bonds. The average Bonchev–Trinajstić information content (AvgIpc) is 2.49. The largest absolute Gasteiger partial charge is 0.313 e. The van der Waals surface area contributed by atoms with Crippen LogP contribution in [-0.2, 0) is 19.6 Å². The van der Waals surface area contributed by atoms with Crippen LogP contribution in [0.15, 0.2) is 53.0 Å². The highest BCUT2D eigenvalue weighted by Gasteiger charge is 2.02. The van der Waals surface area contributed by atoms with Gasteiger partial charge < -0.3 is 5.32 Å². The molecule has 21 heavy (non-hydrogen) atoms. The van der Waals surface area contributed by atoms with Gasteiger partial charge >= 0.3 is 0 Å². The third kappa shape index (κ3) is 5.62. The highest BCUT2D eigenvalue weighted by atomic mass is 79.9. The van der Waals surface area contributed by atoms with Gasteiger partial charge in [-0.2, -0.15) is 0 Å². The van der Waals surface area contributed by atoms with Crippen molar-refractivity contribution in [3.63, 3.8) is 0 Å². The Morgan fingerprint density at radius 1 is 0.857 bits per heavy atom. The molecule has 2 nitrogen and oxygen atoms in total. The van der Waals surface area contributed by atoms with Gasteiger partial charge in [-0.15, -0.1) is 0 Å². The third-order valence-electron chi connectivity index (χ3n) is 3.42. The lowest BCUT2D eigenvalue weighted by atomic mass is 10.1. The van der Waals surface area contributed by atoms with Crippen LogP contribution in [0.1, 0.15) is 23.6 Å². The van der Waals surface area contributed by atoms with Gasteiger partial charge in [-0.25, -0.2) is 0 Å². The van der Waals surface area contributed by atoms with Gasteiger partial charge in [0.1, 0.15) is 0 Å². The van der Waals surface area contributed by atoms with Crippen LogP contribution >= 0.6 is 15.9 Å². The van der Waals surface area contributed by atoms with E-state index in [-0.39, 0.29) is 0 Å². The highest BCUT2D eigenvalue weighted by molar-refractivity contribution is 9.10. The summed E-state index contributed by atoms with van der Waals surface area (Å²) in [6.07, 6.45) is 0. The smallest absolute Gasteiger partial charge is 0.0234 e. The molecule has 0 aliphatic rings. The van der Waals surface area contributed by atoms with E-state index in [1.165, 1.54) is 16.7 Å². The number of hydrogen-bond donors (Lipinski definition) is 1. The predicted molar refractivity (Wildman–Crippen MR) is 93.1 cm³/mol. The topological polar surface area (TPSA) is 15.3 Å². The minimum atomic E-state index is 0.950.